The maximum atomic E-state index is 12.1. The predicted molar refractivity (Wildman–Crippen MR) is 78.3 cm³/mol. The van der Waals surface area contributed by atoms with Crippen molar-refractivity contribution in [2.75, 3.05) is 13.2 Å². The van der Waals surface area contributed by atoms with E-state index in [0.29, 0.717) is 5.75 Å². The summed E-state index contributed by atoms with van der Waals surface area (Å²) >= 11 is 0. The Bertz CT molecular complexity index is 598. The molecule has 0 aromatic heterocycles. The van der Waals surface area contributed by atoms with Crippen molar-refractivity contribution in [3.05, 3.63) is 24.3 Å². The molecule has 116 valence electrons. The number of rotatable bonds is 4. The average molecular weight is 312 g/mol. The zero-order valence-electron chi connectivity index (χ0n) is 12.0. The topological polar surface area (TPSA) is 89.7 Å². The van der Waals surface area contributed by atoms with Gasteiger partial charge in [-0.1, -0.05) is 0 Å². The summed E-state index contributed by atoms with van der Waals surface area (Å²) in [5.74, 6) is 0.401. The number of amides is 1. The lowest BCUT2D eigenvalue weighted by Crippen LogP contribution is -2.44. The number of benzene rings is 1. The molecule has 7 heteroatoms. The minimum absolute atomic E-state index is 0.0193. The molecular formula is C14H20N2O4S. The third-order valence-corrected chi connectivity index (χ3v) is 4.57. The van der Waals surface area contributed by atoms with E-state index in [1.165, 1.54) is 24.3 Å². The number of likely N-dealkylation sites (tertiary alicyclic amines) is 1. The molecule has 1 aromatic rings. The van der Waals surface area contributed by atoms with Gasteiger partial charge in [-0.15, -0.1) is 0 Å². The van der Waals surface area contributed by atoms with Gasteiger partial charge in [-0.3, -0.25) is 4.79 Å². The minimum Gasteiger partial charge on any atom is -0.484 e. The molecule has 0 aliphatic carbocycles. The smallest absolute Gasteiger partial charge is 0.260 e. The molecule has 0 radical (unpaired) electrons. The van der Waals surface area contributed by atoms with E-state index < -0.39 is 10.0 Å². The van der Waals surface area contributed by atoms with Crippen molar-refractivity contribution in [3.63, 3.8) is 0 Å². The van der Waals surface area contributed by atoms with Crippen LogP contribution in [-0.4, -0.2) is 38.4 Å². The first-order valence-electron chi connectivity index (χ1n) is 6.93. The van der Waals surface area contributed by atoms with Crippen LogP contribution >= 0.6 is 0 Å². The summed E-state index contributed by atoms with van der Waals surface area (Å²) in [6, 6.07) is 5.95. The molecule has 1 aliphatic heterocycles. The van der Waals surface area contributed by atoms with Crippen molar-refractivity contribution < 1.29 is 17.9 Å². The highest BCUT2D eigenvalue weighted by Crippen LogP contribution is 2.18. The summed E-state index contributed by atoms with van der Waals surface area (Å²) in [5, 5.41) is 5.01. The molecule has 1 saturated heterocycles. The lowest BCUT2D eigenvalue weighted by molar-refractivity contribution is -0.136. The zero-order valence-corrected chi connectivity index (χ0v) is 12.8. The van der Waals surface area contributed by atoms with E-state index in [1.54, 1.807) is 0 Å². The van der Waals surface area contributed by atoms with Gasteiger partial charge in [-0.05, 0) is 50.5 Å². The van der Waals surface area contributed by atoms with E-state index in [4.69, 9.17) is 9.88 Å². The number of nitrogens with two attached hydrogens (primary N) is 1. The monoisotopic (exact) mass is 312 g/mol. The fourth-order valence-corrected chi connectivity index (χ4v) is 2.94. The second-order valence-corrected chi connectivity index (χ2v) is 6.80. The zero-order chi connectivity index (χ0) is 15.5. The van der Waals surface area contributed by atoms with E-state index in [1.807, 2.05) is 11.8 Å². The van der Waals surface area contributed by atoms with E-state index in [0.717, 1.165) is 25.8 Å². The Hall–Kier alpha value is -1.60. The van der Waals surface area contributed by atoms with Gasteiger partial charge < -0.3 is 9.64 Å². The fourth-order valence-electron chi connectivity index (χ4n) is 2.42. The van der Waals surface area contributed by atoms with Crippen LogP contribution in [0.15, 0.2) is 29.2 Å². The molecule has 1 heterocycles. The summed E-state index contributed by atoms with van der Waals surface area (Å²) in [6.45, 7) is 2.77. The molecule has 1 fully saturated rings. The molecule has 1 amide bonds. The number of piperidine rings is 1. The summed E-state index contributed by atoms with van der Waals surface area (Å²) < 4.78 is 27.7. The van der Waals surface area contributed by atoms with Gasteiger partial charge in [0.1, 0.15) is 5.75 Å². The van der Waals surface area contributed by atoms with Gasteiger partial charge in [0.15, 0.2) is 6.61 Å². The molecule has 0 saturated carbocycles. The highest BCUT2D eigenvalue weighted by Gasteiger charge is 2.23. The Morgan fingerprint density at radius 1 is 1.33 bits per heavy atom. The molecule has 0 spiro atoms. The van der Waals surface area contributed by atoms with Gasteiger partial charge in [0.05, 0.1) is 4.90 Å². The highest BCUT2D eigenvalue weighted by atomic mass is 32.2. The average Bonchev–Trinajstić information content (AvgIpc) is 2.45. The third kappa shape index (κ3) is 4.18. The van der Waals surface area contributed by atoms with E-state index in [2.05, 4.69) is 0 Å². The summed E-state index contributed by atoms with van der Waals surface area (Å²) in [5.41, 5.74) is 0. The van der Waals surface area contributed by atoms with Crippen molar-refractivity contribution in [2.24, 2.45) is 5.14 Å². The van der Waals surface area contributed by atoms with E-state index in [9.17, 15) is 13.2 Å². The number of hydrogen-bond acceptors (Lipinski definition) is 4. The third-order valence-electron chi connectivity index (χ3n) is 3.64. The molecule has 2 N–H and O–H groups in total. The maximum absolute atomic E-state index is 12.1. The quantitative estimate of drug-likeness (QED) is 0.902. The van der Waals surface area contributed by atoms with Crippen LogP contribution in [0.4, 0.5) is 0 Å². The van der Waals surface area contributed by atoms with E-state index in [-0.39, 0.29) is 23.5 Å². The van der Waals surface area contributed by atoms with Crippen molar-refractivity contribution in [2.45, 2.75) is 37.1 Å². The van der Waals surface area contributed by atoms with Gasteiger partial charge in [0.25, 0.3) is 5.91 Å². The van der Waals surface area contributed by atoms with Crippen LogP contribution in [0.5, 0.6) is 5.75 Å². The number of hydrogen-bond donors (Lipinski definition) is 1. The first-order chi connectivity index (χ1) is 9.88. The molecule has 1 unspecified atom stereocenters. The van der Waals surface area contributed by atoms with Gasteiger partial charge in [0, 0.05) is 12.6 Å². The molecule has 1 atom stereocenters. The Labute approximate surface area is 124 Å². The molecule has 0 bridgehead atoms. The van der Waals surface area contributed by atoms with Crippen LogP contribution in [0, 0.1) is 0 Å². The van der Waals surface area contributed by atoms with Gasteiger partial charge >= 0.3 is 0 Å². The molecule has 2 rings (SSSR count). The number of sulfonamides is 1. The number of nitrogens with zero attached hydrogens (tertiary/aromatic N) is 1. The number of primary sulfonamides is 1. The van der Waals surface area contributed by atoms with Gasteiger partial charge in [-0.25, -0.2) is 13.6 Å². The van der Waals surface area contributed by atoms with Crippen LogP contribution < -0.4 is 9.88 Å². The van der Waals surface area contributed by atoms with Crippen molar-refractivity contribution in [1.82, 2.24) is 4.90 Å². The van der Waals surface area contributed by atoms with Crippen LogP contribution in [0.25, 0.3) is 0 Å². The van der Waals surface area contributed by atoms with Crippen molar-refractivity contribution in [3.8, 4) is 5.75 Å². The number of carbonyl (C=O) groups is 1. The van der Waals surface area contributed by atoms with Gasteiger partial charge in [0.2, 0.25) is 10.0 Å². The van der Waals surface area contributed by atoms with Crippen LogP contribution in [0.3, 0.4) is 0 Å². The lowest BCUT2D eigenvalue weighted by Gasteiger charge is -2.33. The lowest BCUT2D eigenvalue weighted by atomic mass is 10.0. The van der Waals surface area contributed by atoms with Gasteiger partial charge in [-0.2, -0.15) is 0 Å². The van der Waals surface area contributed by atoms with Crippen molar-refractivity contribution >= 4 is 15.9 Å². The fraction of sp³-hybridized carbons (Fsp3) is 0.500. The standard InChI is InChI=1S/C14H20N2O4S/c1-11-4-2-3-9-16(11)14(17)10-20-12-5-7-13(8-6-12)21(15,18)19/h5-8,11H,2-4,9-10H2,1H3,(H2,15,18,19). The normalized spacial score (nSPS) is 19.3. The Morgan fingerprint density at radius 2 is 2.00 bits per heavy atom. The maximum Gasteiger partial charge on any atom is 0.260 e. The first-order valence-corrected chi connectivity index (χ1v) is 8.47. The Balaban J connectivity index is 1.92. The summed E-state index contributed by atoms with van der Waals surface area (Å²) in [7, 11) is -3.71. The molecule has 6 nitrogen and oxygen atoms in total. The molecule has 21 heavy (non-hydrogen) atoms. The molecule has 1 aliphatic rings. The van der Waals surface area contributed by atoms with Crippen LogP contribution in [-0.2, 0) is 14.8 Å². The Morgan fingerprint density at radius 3 is 2.57 bits per heavy atom. The number of ether oxygens (including phenoxy) is 1. The summed E-state index contributed by atoms with van der Waals surface area (Å²) in [4.78, 5) is 13.9. The second kappa shape index (κ2) is 6.44. The largest absolute Gasteiger partial charge is 0.484 e. The Kier molecular flexibility index (Phi) is 4.84. The minimum atomic E-state index is -3.71. The SMILES string of the molecule is CC1CCCCN1C(=O)COc1ccc(S(N)(=O)=O)cc1. The summed E-state index contributed by atoms with van der Waals surface area (Å²) in [6.07, 6.45) is 3.20. The molecule has 1 aromatic carbocycles. The predicted octanol–water partition coefficient (Wildman–Crippen LogP) is 1.11. The van der Waals surface area contributed by atoms with Crippen LogP contribution in [0.2, 0.25) is 0 Å². The van der Waals surface area contributed by atoms with E-state index >= 15 is 0 Å². The molecular weight excluding hydrogens is 292 g/mol. The first kappa shape index (κ1) is 15.8. The second-order valence-electron chi connectivity index (χ2n) is 5.24. The van der Waals surface area contributed by atoms with Crippen molar-refractivity contribution in [1.29, 1.82) is 0 Å². The van der Waals surface area contributed by atoms with Crippen LogP contribution in [0.1, 0.15) is 26.2 Å². The number of carbonyl (C=O) groups excluding carboxylic acids is 1. The highest BCUT2D eigenvalue weighted by molar-refractivity contribution is 7.89.